The molecule has 1 unspecified atom stereocenters. The standard InChI is InChI=1S/C25H31ClN4O/c1-18-6-2-3-10-23(18)29-14-12-28(13-15-29)20-8-5-11-30(17-20)25(31)21-16-19-7-4-9-22(19)27-24(21)26/h2-3,6,10,16,20H,4-5,7-9,11-15,17H2,1H3. The number of aryl methyl sites for hydroxylation is 3. The summed E-state index contributed by atoms with van der Waals surface area (Å²) in [6, 6.07) is 11.1. The van der Waals surface area contributed by atoms with E-state index in [1.165, 1.54) is 16.8 Å². The summed E-state index contributed by atoms with van der Waals surface area (Å²) >= 11 is 6.42. The van der Waals surface area contributed by atoms with Gasteiger partial charge >= 0.3 is 0 Å². The normalized spacial score (nSPS) is 21.9. The summed E-state index contributed by atoms with van der Waals surface area (Å²) in [5.41, 5.74) is 5.55. The summed E-state index contributed by atoms with van der Waals surface area (Å²) < 4.78 is 0. The van der Waals surface area contributed by atoms with Crippen molar-refractivity contribution in [1.29, 1.82) is 0 Å². The van der Waals surface area contributed by atoms with Crippen LogP contribution in [0.1, 0.15) is 46.4 Å². The number of hydrogen-bond acceptors (Lipinski definition) is 4. The maximum absolute atomic E-state index is 13.3. The summed E-state index contributed by atoms with van der Waals surface area (Å²) in [5.74, 6) is 0.0513. The van der Waals surface area contributed by atoms with E-state index >= 15 is 0 Å². The quantitative estimate of drug-likeness (QED) is 0.680. The topological polar surface area (TPSA) is 39.7 Å². The molecule has 2 fully saturated rings. The van der Waals surface area contributed by atoms with Gasteiger partial charge in [0.1, 0.15) is 5.15 Å². The van der Waals surface area contributed by atoms with Gasteiger partial charge in [-0.25, -0.2) is 4.98 Å². The van der Waals surface area contributed by atoms with Crippen LogP contribution < -0.4 is 4.90 Å². The molecule has 5 nitrogen and oxygen atoms in total. The third kappa shape index (κ3) is 4.18. The lowest BCUT2D eigenvalue weighted by molar-refractivity contribution is 0.0563. The first-order valence-electron chi connectivity index (χ1n) is 11.6. The Hall–Kier alpha value is -2.11. The molecule has 1 atom stereocenters. The lowest BCUT2D eigenvalue weighted by Crippen LogP contribution is -2.56. The van der Waals surface area contributed by atoms with E-state index in [4.69, 9.17) is 11.6 Å². The Bertz CT molecular complexity index is 970. The molecule has 31 heavy (non-hydrogen) atoms. The number of fused-ring (bicyclic) bond motifs is 1. The number of carbonyl (C=O) groups is 1. The number of benzene rings is 1. The van der Waals surface area contributed by atoms with E-state index in [0.29, 0.717) is 16.8 Å². The number of pyridine rings is 1. The largest absolute Gasteiger partial charge is 0.369 e. The molecule has 0 saturated carbocycles. The van der Waals surface area contributed by atoms with Gasteiger partial charge in [-0.05, 0) is 62.3 Å². The van der Waals surface area contributed by atoms with E-state index in [9.17, 15) is 4.79 Å². The second-order valence-corrected chi connectivity index (χ2v) is 9.50. The van der Waals surface area contributed by atoms with E-state index in [-0.39, 0.29) is 5.91 Å². The van der Waals surface area contributed by atoms with Crippen LogP contribution >= 0.6 is 11.6 Å². The Morgan fingerprint density at radius 1 is 1.06 bits per heavy atom. The number of likely N-dealkylation sites (tertiary alicyclic amines) is 1. The van der Waals surface area contributed by atoms with Crippen molar-refractivity contribution in [2.75, 3.05) is 44.2 Å². The average Bonchev–Trinajstić information content (AvgIpc) is 3.26. The van der Waals surface area contributed by atoms with Gasteiger partial charge in [-0.3, -0.25) is 9.69 Å². The monoisotopic (exact) mass is 438 g/mol. The van der Waals surface area contributed by atoms with Crippen molar-refractivity contribution in [3.8, 4) is 0 Å². The molecule has 1 aromatic carbocycles. The van der Waals surface area contributed by atoms with Gasteiger partial charge in [0.25, 0.3) is 5.91 Å². The van der Waals surface area contributed by atoms with E-state index in [1.54, 1.807) is 0 Å². The molecule has 0 N–H and O–H groups in total. The van der Waals surface area contributed by atoms with Gasteiger partial charge in [-0.15, -0.1) is 0 Å². The summed E-state index contributed by atoms with van der Waals surface area (Å²) in [7, 11) is 0. The zero-order valence-corrected chi connectivity index (χ0v) is 19.1. The fourth-order valence-electron chi connectivity index (χ4n) is 5.45. The SMILES string of the molecule is Cc1ccccc1N1CCN(C2CCCN(C(=O)c3cc4c(nc3Cl)CCC4)C2)CC1. The molecule has 2 saturated heterocycles. The average molecular weight is 439 g/mol. The lowest BCUT2D eigenvalue weighted by atomic mass is 10.0. The van der Waals surface area contributed by atoms with Gasteiger partial charge in [0.05, 0.1) is 5.56 Å². The number of rotatable bonds is 3. The maximum Gasteiger partial charge on any atom is 0.257 e. The fraction of sp³-hybridized carbons (Fsp3) is 0.520. The number of para-hydroxylation sites is 1. The fourth-order valence-corrected chi connectivity index (χ4v) is 5.69. The van der Waals surface area contributed by atoms with Crippen LogP contribution in [-0.2, 0) is 12.8 Å². The molecular weight excluding hydrogens is 408 g/mol. The lowest BCUT2D eigenvalue weighted by Gasteiger charge is -2.44. The molecule has 164 valence electrons. The maximum atomic E-state index is 13.3. The van der Waals surface area contributed by atoms with Crippen LogP contribution in [0.5, 0.6) is 0 Å². The van der Waals surface area contributed by atoms with E-state index in [1.807, 2.05) is 11.0 Å². The molecule has 1 amide bonds. The van der Waals surface area contributed by atoms with Gasteiger partial charge in [0, 0.05) is 56.7 Å². The summed E-state index contributed by atoms with van der Waals surface area (Å²) in [6.07, 6.45) is 5.29. The number of halogens is 1. The van der Waals surface area contributed by atoms with Crippen molar-refractivity contribution in [3.05, 3.63) is 57.9 Å². The molecule has 3 heterocycles. The molecule has 3 aliphatic rings. The van der Waals surface area contributed by atoms with Crippen molar-refractivity contribution in [2.24, 2.45) is 0 Å². The van der Waals surface area contributed by atoms with Crippen LogP contribution in [0, 0.1) is 6.92 Å². The number of carbonyl (C=O) groups excluding carboxylic acids is 1. The van der Waals surface area contributed by atoms with Crippen LogP contribution in [0.4, 0.5) is 5.69 Å². The first-order valence-corrected chi connectivity index (χ1v) is 12.0. The van der Waals surface area contributed by atoms with Gasteiger partial charge in [-0.2, -0.15) is 0 Å². The number of piperazine rings is 1. The Labute approximate surface area is 190 Å². The van der Waals surface area contributed by atoms with Gasteiger partial charge in [0.2, 0.25) is 0 Å². The first kappa shape index (κ1) is 20.8. The van der Waals surface area contributed by atoms with Crippen LogP contribution in [0.2, 0.25) is 5.15 Å². The van der Waals surface area contributed by atoms with Crippen LogP contribution in [0.25, 0.3) is 0 Å². The van der Waals surface area contributed by atoms with Gasteiger partial charge < -0.3 is 9.80 Å². The summed E-state index contributed by atoms with van der Waals surface area (Å²) in [5, 5.41) is 0.375. The van der Waals surface area contributed by atoms with Crippen LogP contribution in [-0.4, -0.2) is 66.0 Å². The number of aromatic nitrogens is 1. The minimum Gasteiger partial charge on any atom is -0.369 e. The highest BCUT2D eigenvalue weighted by molar-refractivity contribution is 6.32. The zero-order chi connectivity index (χ0) is 21.4. The second-order valence-electron chi connectivity index (χ2n) is 9.14. The molecule has 2 aromatic rings. The second kappa shape index (κ2) is 8.79. The van der Waals surface area contributed by atoms with Crippen molar-refractivity contribution >= 4 is 23.2 Å². The predicted molar refractivity (Wildman–Crippen MR) is 125 cm³/mol. The molecule has 1 aliphatic carbocycles. The van der Waals surface area contributed by atoms with Gasteiger partial charge in [-0.1, -0.05) is 29.8 Å². The highest BCUT2D eigenvalue weighted by Gasteiger charge is 2.32. The Balaban J connectivity index is 1.23. The number of nitrogens with zero attached hydrogens (tertiary/aromatic N) is 4. The number of hydrogen-bond donors (Lipinski definition) is 0. The molecule has 0 spiro atoms. The van der Waals surface area contributed by atoms with Crippen LogP contribution in [0.3, 0.4) is 0 Å². The first-order chi connectivity index (χ1) is 15.1. The molecule has 5 rings (SSSR count). The Morgan fingerprint density at radius 3 is 2.68 bits per heavy atom. The van der Waals surface area contributed by atoms with E-state index in [2.05, 4.69) is 46.0 Å². The number of anilines is 1. The van der Waals surface area contributed by atoms with Crippen molar-refractivity contribution < 1.29 is 4.79 Å². The third-order valence-corrected chi connectivity index (χ3v) is 7.49. The van der Waals surface area contributed by atoms with Crippen molar-refractivity contribution in [2.45, 2.75) is 45.1 Å². The number of amides is 1. The molecule has 0 bridgehead atoms. The summed E-state index contributed by atoms with van der Waals surface area (Å²) in [6.45, 7) is 7.95. The molecular formula is C25H31ClN4O. The highest BCUT2D eigenvalue weighted by atomic mass is 35.5. The molecule has 6 heteroatoms. The third-order valence-electron chi connectivity index (χ3n) is 7.21. The highest BCUT2D eigenvalue weighted by Crippen LogP contribution is 2.28. The van der Waals surface area contributed by atoms with Gasteiger partial charge in [0.15, 0.2) is 0 Å². The molecule has 1 aromatic heterocycles. The van der Waals surface area contributed by atoms with E-state index < -0.39 is 0 Å². The van der Waals surface area contributed by atoms with E-state index in [0.717, 1.165) is 77.1 Å². The molecule has 2 aliphatic heterocycles. The number of piperidine rings is 1. The summed E-state index contributed by atoms with van der Waals surface area (Å²) in [4.78, 5) is 24.9. The smallest absolute Gasteiger partial charge is 0.257 e. The minimum atomic E-state index is 0.0513. The molecule has 0 radical (unpaired) electrons. The predicted octanol–water partition coefficient (Wildman–Crippen LogP) is 3.96. The van der Waals surface area contributed by atoms with Crippen LogP contribution in [0.15, 0.2) is 30.3 Å². The Kier molecular flexibility index (Phi) is 5.89. The van der Waals surface area contributed by atoms with Crippen molar-refractivity contribution in [3.63, 3.8) is 0 Å². The Morgan fingerprint density at radius 2 is 1.87 bits per heavy atom. The van der Waals surface area contributed by atoms with Crippen molar-refractivity contribution in [1.82, 2.24) is 14.8 Å². The minimum absolute atomic E-state index is 0.0513. The zero-order valence-electron chi connectivity index (χ0n) is 18.3.